The fourth-order valence-corrected chi connectivity index (χ4v) is 6.19. The molecule has 0 aromatic heterocycles. The van der Waals surface area contributed by atoms with Crippen LogP contribution >= 0.6 is 23.4 Å². The molecule has 1 fully saturated rings. The highest BCUT2D eigenvalue weighted by atomic mass is 35.5. The molecule has 1 aliphatic rings. The van der Waals surface area contributed by atoms with Crippen molar-refractivity contribution in [3.8, 4) is 0 Å². The first-order valence-corrected chi connectivity index (χ1v) is 11.1. The van der Waals surface area contributed by atoms with Gasteiger partial charge in [0.25, 0.3) is 0 Å². The average Bonchev–Trinajstić information content (AvgIpc) is 2.81. The Morgan fingerprint density at radius 3 is 2.72 bits per heavy atom. The lowest BCUT2D eigenvalue weighted by Gasteiger charge is -2.20. The van der Waals surface area contributed by atoms with Gasteiger partial charge in [0, 0.05) is 29.1 Å². The Bertz CT molecular complexity index is 844. The Kier molecular flexibility index (Phi) is 6.04. The number of rotatable bonds is 4. The number of hydrogen-bond acceptors (Lipinski definition) is 3. The van der Waals surface area contributed by atoms with E-state index in [1.54, 1.807) is 17.8 Å². The van der Waals surface area contributed by atoms with Crippen LogP contribution in [0.3, 0.4) is 0 Å². The van der Waals surface area contributed by atoms with E-state index >= 15 is 0 Å². The van der Waals surface area contributed by atoms with Gasteiger partial charge in [-0.3, -0.25) is 0 Å². The van der Waals surface area contributed by atoms with E-state index in [-0.39, 0.29) is 11.0 Å². The lowest BCUT2D eigenvalue weighted by Crippen LogP contribution is -2.34. The van der Waals surface area contributed by atoms with Gasteiger partial charge in [0.15, 0.2) is 0 Å². The second-order valence-corrected chi connectivity index (χ2v) is 9.64. The zero-order valence-electron chi connectivity index (χ0n) is 13.6. The van der Waals surface area contributed by atoms with Crippen molar-refractivity contribution in [1.82, 2.24) is 4.31 Å². The first-order valence-electron chi connectivity index (χ1n) is 8.04. The van der Waals surface area contributed by atoms with E-state index < -0.39 is 15.8 Å². The zero-order chi connectivity index (χ0) is 17.9. The molecule has 25 heavy (non-hydrogen) atoms. The fraction of sp³-hybridized carbons (Fsp3) is 0.333. The highest BCUT2D eigenvalue weighted by Crippen LogP contribution is 2.38. The molecule has 3 nitrogen and oxygen atoms in total. The highest BCUT2D eigenvalue weighted by Gasteiger charge is 2.27. The van der Waals surface area contributed by atoms with Crippen molar-refractivity contribution < 1.29 is 12.8 Å². The molecule has 1 aliphatic heterocycles. The summed E-state index contributed by atoms with van der Waals surface area (Å²) in [5, 5.41) is 0.902. The van der Waals surface area contributed by atoms with Crippen molar-refractivity contribution >= 4 is 33.4 Å². The van der Waals surface area contributed by atoms with E-state index in [9.17, 15) is 12.8 Å². The van der Waals surface area contributed by atoms with Crippen LogP contribution in [0.5, 0.6) is 0 Å². The van der Waals surface area contributed by atoms with Crippen LogP contribution in [0.25, 0.3) is 0 Å². The van der Waals surface area contributed by atoms with Crippen molar-refractivity contribution in [3.63, 3.8) is 0 Å². The van der Waals surface area contributed by atoms with Crippen LogP contribution in [0.2, 0.25) is 5.02 Å². The topological polar surface area (TPSA) is 37.4 Å². The molecular weight excluding hydrogens is 381 g/mol. The van der Waals surface area contributed by atoms with Gasteiger partial charge in [-0.15, -0.1) is 0 Å². The second-order valence-electron chi connectivity index (χ2n) is 5.95. The van der Waals surface area contributed by atoms with Gasteiger partial charge in [0.1, 0.15) is 5.82 Å². The van der Waals surface area contributed by atoms with Crippen LogP contribution in [0.4, 0.5) is 4.39 Å². The minimum absolute atomic E-state index is 0.174. The van der Waals surface area contributed by atoms with Gasteiger partial charge in [0.2, 0.25) is 10.0 Å². The molecule has 0 radical (unpaired) electrons. The lowest BCUT2D eigenvalue weighted by molar-refractivity contribution is 0.427. The summed E-state index contributed by atoms with van der Waals surface area (Å²) in [5.41, 5.74) is 1.53. The van der Waals surface area contributed by atoms with Gasteiger partial charge < -0.3 is 0 Å². The fourth-order valence-electron chi connectivity index (χ4n) is 2.94. The summed E-state index contributed by atoms with van der Waals surface area (Å²) >= 11 is 8.01. The van der Waals surface area contributed by atoms with E-state index in [1.165, 1.54) is 22.5 Å². The number of thioether (sulfide) groups is 1. The standard InChI is InChI=1S/C18H19ClFNO2S2/c19-17-7-2-1-6-16(17)18-8-9-21(10-11-24-18)25(22,23)13-14-4-3-5-15(20)12-14/h1-7,12,18H,8-11,13H2. The van der Waals surface area contributed by atoms with E-state index in [0.717, 1.165) is 10.6 Å². The third-order valence-electron chi connectivity index (χ3n) is 4.18. The average molecular weight is 400 g/mol. The largest absolute Gasteiger partial charge is 0.218 e. The van der Waals surface area contributed by atoms with Gasteiger partial charge in [0.05, 0.1) is 5.75 Å². The highest BCUT2D eigenvalue weighted by molar-refractivity contribution is 7.99. The molecular formula is C18H19ClFNO2S2. The minimum Gasteiger partial charge on any atom is -0.212 e. The molecule has 134 valence electrons. The van der Waals surface area contributed by atoms with Crippen LogP contribution in [-0.2, 0) is 15.8 Å². The van der Waals surface area contributed by atoms with Crippen molar-refractivity contribution in [3.05, 3.63) is 70.5 Å². The summed E-state index contributed by atoms with van der Waals surface area (Å²) in [5.74, 6) is 0.114. The predicted molar refractivity (Wildman–Crippen MR) is 102 cm³/mol. The molecule has 2 aromatic carbocycles. The third-order valence-corrected chi connectivity index (χ3v) is 7.69. The molecule has 0 spiro atoms. The van der Waals surface area contributed by atoms with E-state index in [2.05, 4.69) is 0 Å². The van der Waals surface area contributed by atoms with Crippen LogP contribution in [-0.4, -0.2) is 31.6 Å². The van der Waals surface area contributed by atoms with Gasteiger partial charge in [-0.2, -0.15) is 11.8 Å². The van der Waals surface area contributed by atoms with Gasteiger partial charge >= 0.3 is 0 Å². The quantitative estimate of drug-likeness (QED) is 0.760. The van der Waals surface area contributed by atoms with E-state index in [0.29, 0.717) is 30.8 Å². The minimum atomic E-state index is -3.47. The number of benzene rings is 2. The predicted octanol–water partition coefficient (Wildman–Crippen LogP) is 4.49. The maximum Gasteiger partial charge on any atom is 0.218 e. The summed E-state index contributed by atoms with van der Waals surface area (Å²) < 4.78 is 40.2. The Hall–Kier alpha value is -1.08. The summed E-state index contributed by atoms with van der Waals surface area (Å²) in [6, 6.07) is 13.5. The molecule has 0 bridgehead atoms. The number of halogens is 2. The number of sulfonamides is 1. The van der Waals surface area contributed by atoms with Crippen LogP contribution in [0.15, 0.2) is 48.5 Å². The molecule has 0 saturated carbocycles. The van der Waals surface area contributed by atoms with Crippen LogP contribution < -0.4 is 0 Å². The zero-order valence-corrected chi connectivity index (χ0v) is 16.0. The smallest absolute Gasteiger partial charge is 0.212 e. The second kappa shape index (κ2) is 8.08. The molecule has 1 atom stereocenters. The normalized spacial score (nSPS) is 19.5. The molecule has 2 aromatic rings. The van der Waals surface area contributed by atoms with E-state index in [4.69, 9.17) is 11.6 Å². The van der Waals surface area contributed by atoms with Crippen molar-refractivity contribution in [2.75, 3.05) is 18.8 Å². The summed E-state index contributed by atoms with van der Waals surface area (Å²) in [6.45, 7) is 0.907. The van der Waals surface area contributed by atoms with Gasteiger partial charge in [-0.25, -0.2) is 17.1 Å². The van der Waals surface area contributed by atoms with Crippen LogP contribution in [0, 0.1) is 5.82 Å². The Morgan fingerprint density at radius 1 is 1.16 bits per heavy atom. The SMILES string of the molecule is O=S(=O)(Cc1cccc(F)c1)N1CCSC(c2ccccc2Cl)CC1. The summed E-state index contributed by atoms with van der Waals surface area (Å²) in [4.78, 5) is 0. The van der Waals surface area contributed by atoms with Crippen LogP contribution in [0.1, 0.15) is 22.8 Å². The first-order chi connectivity index (χ1) is 12.0. The van der Waals surface area contributed by atoms with Crippen molar-refractivity contribution in [2.45, 2.75) is 17.4 Å². The summed E-state index contributed by atoms with van der Waals surface area (Å²) in [7, 11) is -3.47. The molecule has 3 rings (SSSR count). The molecule has 7 heteroatoms. The number of hydrogen-bond donors (Lipinski definition) is 0. The third kappa shape index (κ3) is 4.76. The monoisotopic (exact) mass is 399 g/mol. The molecule has 1 unspecified atom stereocenters. The number of nitrogens with zero attached hydrogens (tertiary/aromatic N) is 1. The van der Waals surface area contributed by atoms with Gasteiger partial charge in [-0.05, 0) is 35.7 Å². The lowest BCUT2D eigenvalue weighted by atomic mass is 10.1. The van der Waals surface area contributed by atoms with Crippen molar-refractivity contribution in [1.29, 1.82) is 0 Å². The molecule has 0 N–H and O–H groups in total. The Morgan fingerprint density at radius 2 is 1.96 bits per heavy atom. The maximum atomic E-state index is 13.3. The Balaban J connectivity index is 1.71. The molecule has 0 aliphatic carbocycles. The Labute approximate surface area is 157 Å². The molecule has 0 amide bonds. The van der Waals surface area contributed by atoms with E-state index in [1.807, 2.05) is 24.3 Å². The first kappa shape index (κ1) is 18.7. The maximum absolute atomic E-state index is 13.3. The molecule has 1 saturated heterocycles. The summed E-state index contributed by atoms with van der Waals surface area (Å²) in [6.07, 6.45) is 0.705. The van der Waals surface area contributed by atoms with Gasteiger partial charge in [-0.1, -0.05) is 41.9 Å². The molecule has 1 heterocycles. The van der Waals surface area contributed by atoms with Crippen molar-refractivity contribution in [2.24, 2.45) is 0 Å².